The third kappa shape index (κ3) is 2.47. The quantitative estimate of drug-likeness (QED) is 0.862. The first-order chi connectivity index (χ1) is 9.15. The zero-order valence-corrected chi connectivity index (χ0v) is 11.6. The molecule has 0 radical (unpaired) electrons. The van der Waals surface area contributed by atoms with Gasteiger partial charge in [-0.3, -0.25) is 0 Å². The normalized spacial score (nSPS) is 32.4. The maximum Gasteiger partial charge on any atom is 0.126 e. The van der Waals surface area contributed by atoms with Gasteiger partial charge in [-0.25, -0.2) is 4.98 Å². The predicted octanol–water partition coefficient (Wildman–Crippen LogP) is 1.41. The number of nitrogen functional groups attached to an aromatic ring is 1. The number of pyridine rings is 1. The molecule has 0 aliphatic carbocycles. The third-order valence-corrected chi connectivity index (χ3v) is 5.12. The fourth-order valence-corrected chi connectivity index (χ4v) is 3.85. The highest BCUT2D eigenvalue weighted by atomic mass is 15.2. The summed E-state index contributed by atoms with van der Waals surface area (Å²) in [6.07, 6.45) is 7.77. The zero-order chi connectivity index (χ0) is 13.4. The average molecular weight is 260 g/mol. The Kier molecular flexibility index (Phi) is 3.46. The number of fused-ring (bicyclic) bond motifs is 2. The molecule has 4 nitrogen and oxygen atoms in total. The van der Waals surface area contributed by atoms with Gasteiger partial charge in [0.25, 0.3) is 0 Å². The smallest absolute Gasteiger partial charge is 0.126 e. The van der Waals surface area contributed by atoms with Crippen LogP contribution in [0.5, 0.6) is 0 Å². The standard InChI is InChI=1S/C15H24N4/c1-19-12-4-5-13(19)8-11(7-12)14(16)9-10-3-2-6-18-15(10)17/h2-3,6,11-14H,4-5,7-9,16H2,1H3,(H2,17,18). The first kappa shape index (κ1) is 12.9. The lowest BCUT2D eigenvalue weighted by molar-refractivity contribution is 0.120. The van der Waals surface area contributed by atoms with Crippen molar-refractivity contribution in [1.29, 1.82) is 0 Å². The summed E-state index contributed by atoms with van der Waals surface area (Å²) in [5.74, 6) is 1.27. The van der Waals surface area contributed by atoms with Crippen LogP contribution in [0.25, 0.3) is 0 Å². The van der Waals surface area contributed by atoms with Crippen LogP contribution in [0.2, 0.25) is 0 Å². The van der Waals surface area contributed by atoms with E-state index in [-0.39, 0.29) is 6.04 Å². The van der Waals surface area contributed by atoms with Gasteiger partial charge in [-0.15, -0.1) is 0 Å². The minimum Gasteiger partial charge on any atom is -0.383 e. The number of piperidine rings is 1. The van der Waals surface area contributed by atoms with Crippen LogP contribution in [0.15, 0.2) is 18.3 Å². The van der Waals surface area contributed by atoms with E-state index in [1.165, 1.54) is 25.7 Å². The van der Waals surface area contributed by atoms with E-state index in [4.69, 9.17) is 11.5 Å². The lowest BCUT2D eigenvalue weighted by atomic mass is 9.83. The van der Waals surface area contributed by atoms with Gasteiger partial charge in [0.2, 0.25) is 0 Å². The molecular formula is C15H24N4. The Morgan fingerprint density at radius 2 is 2.05 bits per heavy atom. The molecule has 2 bridgehead atoms. The van der Waals surface area contributed by atoms with Gasteiger partial charge in [-0.2, -0.15) is 0 Å². The van der Waals surface area contributed by atoms with E-state index in [2.05, 4.69) is 16.9 Å². The van der Waals surface area contributed by atoms with Crippen molar-refractivity contribution in [3.8, 4) is 0 Å². The molecule has 104 valence electrons. The Morgan fingerprint density at radius 3 is 2.68 bits per heavy atom. The maximum atomic E-state index is 6.45. The van der Waals surface area contributed by atoms with Crippen LogP contribution in [0.4, 0.5) is 5.82 Å². The lowest BCUT2D eigenvalue weighted by Gasteiger charge is -2.38. The number of hydrogen-bond donors (Lipinski definition) is 2. The van der Waals surface area contributed by atoms with Crippen LogP contribution in [0.3, 0.4) is 0 Å². The molecule has 2 aliphatic heterocycles. The van der Waals surface area contributed by atoms with Crippen molar-refractivity contribution in [2.45, 2.75) is 50.2 Å². The maximum absolute atomic E-state index is 6.45. The van der Waals surface area contributed by atoms with Gasteiger partial charge in [0.05, 0.1) is 0 Å². The summed E-state index contributed by atoms with van der Waals surface area (Å²) in [4.78, 5) is 6.70. The van der Waals surface area contributed by atoms with Crippen LogP contribution in [0.1, 0.15) is 31.2 Å². The van der Waals surface area contributed by atoms with E-state index in [1.54, 1.807) is 6.20 Å². The molecule has 3 unspecified atom stereocenters. The molecule has 4 heteroatoms. The van der Waals surface area contributed by atoms with E-state index in [1.807, 2.05) is 12.1 Å². The van der Waals surface area contributed by atoms with Crippen LogP contribution < -0.4 is 11.5 Å². The predicted molar refractivity (Wildman–Crippen MR) is 77.6 cm³/mol. The summed E-state index contributed by atoms with van der Waals surface area (Å²) in [6, 6.07) is 5.70. The summed E-state index contributed by atoms with van der Waals surface area (Å²) in [6.45, 7) is 0. The molecule has 0 aromatic carbocycles. The summed E-state index contributed by atoms with van der Waals surface area (Å²) in [7, 11) is 2.27. The first-order valence-electron chi connectivity index (χ1n) is 7.32. The Bertz CT molecular complexity index is 434. The number of nitrogens with zero attached hydrogens (tertiary/aromatic N) is 2. The van der Waals surface area contributed by atoms with E-state index in [0.29, 0.717) is 11.7 Å². The molecule has 2 aliphatic rings. The molecule has 3 heterocycles. The molecule has 1 aromatic heterocycles. The summed E-state index contributed by atoms with van der Waals surface area (Å²) >= 11 is 0. The highest BCUT2D eigenvalue weighted by molar-refractivity contribution is 5.38. The van der Waals surface area contributed by atoms with Gasteiger partial charge in [0, 0.05) is 24.3 Å². The molecular weight excluding hydrogens is 236 g/mol. The molecule has 0 saturated carbocycles. The van der Waals surface area contributed by atoms with E-state index in [0.717, 1.165) is 24.1 Å². The van der Waals surface area contributed by atoms with Crippen molar-refractivity contribution in [3.05, 3.63) is 23.9 Å². The van der Waals surface area contributed by atoms with Crippen molar-refractivity contribution in [1.82, 2.24) is 9.88 Å². The number of rotatable bonds is 3. The minimum atomic E-state index is 0.211. The van der Waals surface area contributed by atoms with Gasteiger partial charge in [-0.05, 0) is 56.7 Å². The number of hydrogen-bond acceptors (Lipinski definition) is 4. The molecule has 0 amide bonds. The molecule has 3 rings (SSSR count). The largest absolute Gasteiger partial charge is 0.383 e. The fourth-order valence-electron chi connectivity index (χ4n) is 3.85. The van der Waals surface area contributed by atoms with E-state index in [9.17, 15) is 0 Å². The second-order valence-electron chi connectivity index (χ2n) is 6.20. The van der Waals surface area contributed by atoms with Gasteiger partial charge < -0.3 is 16.4 Å². The monoisotopic (exact) mass is 260 g/mol. The molecule has 2 saturated heterocycles. The second kappa shape index (κ2) is 5.10. The van der Waals surface area contributed by atoms with Crippen molar-refractivity contribution in [3.63, 3.8) is 0 Å². The van der Waals surface area contributed by atoms with E-state index < -0.39 is 0 Å². The molecule has 19 heavy (non-hydrogen) atoms. The van der Waals surface area contributed by atoms with Gasteiger partial charge in [0.1, 0.15) is 5.82 Å². The van der Waals surface area contributed by atoms with Crippen LogP contribution in [0, 0.1) is 5.92 Å². The Morgan fingerprint density at radius 1 is 1.37 bits per heavy atom. The van der Waals surface area contributed by atoms with Crippen LogP contribution >= 0.6 is 0 Å². The van der Waals surface area contributed by atoms with Crippen molar-refractivity contribution in [2.24, 2.45) is 11.7 Å². The summed E-state index contributed by atoms with van der Waals surface area (Å²) in [5, 5.41) is 0. The highest BCUT2D eigenvalue weighted by Gasteiger charge is 2.40. The lowest BCUT2D eigenvalue weighted by Crippen LogP contribution is -2.46. The minimum absolute atomic E-state index is 0.211. The molecule has 2 fully saturated rings. The molecule has 4 N–H and O–H groups in total. The number of anilines is 1. The Labute approximate surface area is 115 Å². The van der Waals surface area contributed by atoms with Crippen molar-refractivity contribution in [2.75, 3.05) is 12.8 Å². The topological polar surface area (TPSA) is 68.2 Å². The fraction of sp³-hybridized carbons (Fsp3) is 0.667. The van der Waals surface area contributed by atoms with Crippen LogP contribution in [-0.4, -0.2) is 35.1 Å². The molecule has 0 spiro atoms. The first-order valence-corrected chi connectivity index (χ1v) is 7.32. The van der Waals surface area contributed by atoms with Gasteiger partial charge >= 0.3 is 0 Å². The van der Waals surface area contributed by atoms with Gasteiger partial charge in [-0.1, -0.05) is 6.07 Å². The van der Waals surface area contributed by atoms with E-state index >= 15 is 0 Å². The number of nitrogens with two attached hydrogens (primary N) is 2. The summed E-state index contributed by atoms with van der Waals surface area (Å²) in [5.41, 5.74) is 13.5. The SMILES string of the molecule is CN1C2CCC1CC(C(N)Cc1cccnc1N)C2. The Balaban J connectivity index is 1.65. The average Bonchev–Trinajstić information content (AvgIpc) is 2.64. The molecule has 3 atom stereocenters. The summed E-state index contributed by atoms with van der Waals surface area (Å²) < 4.78 is 0. The van der Waals surface area contributed by atoms with Crippen LogP contribution in [-0.2, 0) is 6.42 Å². The molecule has 1 aromatic rings. The van der Waals surface area contributed by atoms with Crippen molar-refractivity contribution < 1.29 is 0 Å². The third-order valence-electron chi connectivity index (χ3n) is 5.12. The number of aromatic nitrogens is 1. The Hall–Kier alpha value is -1.13. The zero-order valence-electron chi connectivity index (χ0n) is 11.6. The second-order valence-corrected chi connectivity index (χ2v) is 6.20. The highest BCUT2D eigenvalue weighted by Crippen LogP contribution is 2.38. The van der Waals surface area contributed by atoms with Gasteiger partial charge in [0.15, 0.2) is 0 Å². The van der Waals surface area contributed by atoms with Crippen molar-refractivity contribution >= 4 is 5.82 Å².